The second-order valence-electron chi connectivity index (χ2n) is 5.52. The highest BCUT2D eigenvalue weighted by molar-refractivity contribution is 5.85. The van der Waals surface area contributed by atoms with Gasteiger partial charge in [-0.05, 0) is 38.1 Å². The number of carbonyl (C=O) groups excluding carboxylic acids is 2. The zero-order chi connectivity index (χ0) is 17.2. The smallest absolute Gasteiger partial charge is 0.278 e. The van der Waals surface area contributed by atoms with Crippen molar-refractivity contribution in [2.45, 2.75) is 20.4 Å². The molecule has 0 bridgehead atoms. The summed E-state index contributed by atoms with van der Waals surface area (Å²) in [7, 11) is 3.61. The Morgan fingerprint density at radius 3 is 2.39 bits per heavy atom. The van der Waals surface area contributed by atoms with Gasteiger partial charge in [0.25, 0.3) is 5.91 Å². The molecular weight excluding hydrogens is 294 g/mol. The van der Waals surface area contributed by atoms with Gasteiger partial charge < -0.3 is 19.9 Å². The van der Waals surface area contributed by atoms with Crippen LogP contribution < -0.4 is 15.0 Å². The molecule has 0 heterocycles. The van der Waals surface area contributed by atoms with Crippen LogP contribution in [0.1, 0.15) is 19.4 Å². The van der Waals surface area contributed by atoms with Gasteiger partial charge in [-0.3, -0.25) is 9.59 Å². The highest BCUT2D eigenvalue weighted by atomic mass is 16.5. The molecule has 0 aliphatic heterocycles. The first-order valence-electron chi connectivity index (χ1n) is 7.98. The minimum Gasteiger partial charge on any atom is -0.497 e. The molecule has 0 saturated carbocycles. The number of hydrogen-bond acceptors (Lipinski definition) is 3. The molecule has 1 atom stereocenters. The molecule has 0 spiro atoms. The normalized spacial score (nSPS) is 11.7. The summed E-state index contributed by atoms with van der Waals surface area (Å²) in [6.45, 7) is 6.09. The van der Waals surface area contributed by atoms with E-state index < -0.39 is 0 Å². The van der Waals surface area contributed by atoms with Crippen molar-refractivity contribution in [1.29, 1.82) is 0 Å². The number of rotatable bonds is 9. The van der Waals surface area contributed by atoms with Crippen LogP contribution in [-0.4, -0.2) is 57.1 Å². The van der Waals surface area contributed by atoms with Gasteiger partial charge >= 0.3 is 0 Å². The summed E-state index contributed by atoms with van der Waals surface area (Å²) in [6, 6.07) is 7.83. The molecule has 23 heavy (non-hydrogen) atoms. The molecule has 0 radical (unpaired) electrons. The van der Waals surface area contributed by atoms with E-state index in [1.165, 1.54) is 0 Å². The molecule has 0 aromatic heterocycles. The van der Waals surface area contributed by atoms with Crippen molar-refractivity contribution in [3.63, 3.8) is 0 Å². The number of quaternary nitrogens is 1. The van der Waals surface area contributed by atoms with E-state index in [4.69, 9.17) is 4.74 Å². The fourth-order valence-corrected chi connectivity index (χ4v) is 2.33. The number of carbonyl (C=O) groups is 2. The van der Waals surface area contributed by atoms with E-state index in [2.05, 4.69) is 5.32 Å². The van der Waals surface area contributed by atoms with E-state index in [1.54, 1.807) is 12.0 Å². The first-order valence-corrected chi connectivity index (χ1v) is 7.98. The molecule has 6 heteroatoms. The monoisotopic (exact) mass is 322 g/mol. The first-order chi connectivity index (χ1) is 11.0. The maximum atomic E-state index is 12.3. The molecular formula is C17H28N3O3+. The largest absolute Gasteiger partial charge is 0.497 e. The van der Waals surface area contributed by atoms with Crippen molar-refractivity contribution in [3.8, 4) is 5.75 Å². The second-order valence-corrected chi connectivity index (χ2v) is 5.52. The lowest BCUT2D eigenvalue weighted by atomic mass is 10.2. The highest BCUT2D eigenvalue weighted by Gasteiger charge is 2.19. The van der Waals surface area contributed by atoms with Crippen LogP contribution in [0.5, 0.6) is 5.75 Å². The summed E-state index contributed by atoms with van der Waals surface area (Å²) in [6.07, 6.45) is 0. The topological polar surface area (TPSA) is 63.1 Å². The lowest BCUT2D eigenvalue weighted by molar-refractivity contribution is -0.885. The lowest BCUT2D eigenvalue weighted by Gasteiger charge is -2.22. The van der Waals surface area contributed by atoms with Gasteiger partial charge in [0.2, 0.25) is 5.91 Å². The Balaban J connectivity index is 2.51. The minimum absolute atomic E-state index is 0.00948. The predicted octanol–water partition coefficient (Wildman–Crippen LogP) is -0.305. The van der Waals surface area contributed by atoms with Crippen LogP contribution in [0.3, 0.4) is 0 Å². The van der Waals surface area contributed by atoms with Gasteiger partial charge in [0.15, 0.2) is 6.54 Å². The van der Waals surface area contributed by atoms with E-state index in [0.717, 1.165) is 22.8 Å². The third-order valence-electron chi connectivity index (χ3n) is 3.56. The summed E-state index contributed by atoms with van der Waals surface area (Å²) >= 11 is 0. The molecule has 1 aromatic carbocycles. The Kier molecular flexibility index (Phi) is 8.11. The van der Waals surface area contributed by atoms with E-state index in [-0.39, 0.29) is 18.4 Å². The third kappa shape index (κ3) is 6.69. The predicted molar refractivity (Wildman–Crippen MR) is 89.4 cm³/mol. The summed E-state index contributed by atoms with van der Waals surface area (Å²) < 4.78 is 5.14. The number of hydrogen-bond donors (Lipinski definition) is 2. The molecule has 2 N–H and O–H groups in total. The first kappa shape index (κ1) is 19.0. The zero-order valence-electron chi connectivity index (χ0n) is 14.5. The second kappa shape index (κ2) is 9.84. The van der Waals surface area contributed by atoms with Crippen LogP contribution >= 0.6 is 0 Å². The van der Waals surface area contributed by atoms with Crippen molar-refractivity contribution in [1.82, 2.24) is 10.2 Å². The van der Waals surface area contributed by atoms with Crippen molar-refractivity contribution < 1.29 is 19.2 Å². The number of benzene rings is 1. The zero-order valence-corrected chi connectivity index (χ0v) is 14.5. The molecule has 0 aliphatic rings. The summed E-state index contributed by atoms with van der Waals surface area (Å²) in [5, 5.41) is 2.72. The van der Waals surface area contributed by atoms with Gasteiger partial charge in [0.05, 0.1) is 20.7 Å². The summed E-state index contributed by atoms with van der Waals surface area (Å²) in [5.41, 5.74) is 1.14. The molecule has 1 unspecified atom stereocenters. The van der Waals surface area contributed by atoms with Gasteiger partial charge in [0, 0.05) is 18.7 Å². The lowest BCUT2D eigenvalue weighted by Crippen LogP contribution is -3.08. The molecule has 0 fully saturated rings. The molecule has 128 valence electrons. The molecule has 6 nitrogen and oxygen atoms in total. The van der Waals surface area contributed by atoms with E-state index in [1.807, 2.05) is 45.2 Å². The number of likely N-dealkylation sites (N-methyl/N-ethyl adjacent to an activating group) is 3. The van der Waals surface area contributed by atoms with Crippen molar-refractivity contribution in [3.05, 3.63) is 29.8 Å². The Bertz CT molecular complexity index is 502. The number of nitrogens with one attached hydrogen (secondary N) is 2. The van der Waals surface area contributed by atoms with Crippen molar-refractivity contribution in [2.24, 2.45) is 0 Å². The van der Waals surface area contributed by atoms with Crippen LogP contribution in [0, 0.1) is 0 Å². The Morgan fingerprint density at radius 2 is 1.87 bits per heavy atom. The standard InChI is InChI=1S/C17H27N3O3/c1-5-18-16(21)12-20(6-2)17(22)13-19(3)11-14-7-9-15(23-4)10-8-14/h7-10H,5-6,11-13H2,1-4H3,(H,18,21)/p+1. The Morgan fingerprint density at radius 1 is 1.22 bits per heavy atom. The van der Waals surface area contributed by atoms with E-state index in [0.29, 0.717) is 19.6 Å². The average Bonchev–Trinajstić information content (AvgIpc) is 2.53. The number of ether oxygens (including phenoxy) is 1. The van der Waals surface area contributed by atoms with Crippen LogP contribution in [0.25, 0.3) is 0 Å². The fourth-order valence-electron chi connectivity index (χ4n) is 2.33. The quantitative estimate of drug-likeness (QED) is 0.656. The maximum Gasteiger partial charge on any atom is 0.278 e. The number of amides is 2. The maximum absolute atomic E-state index is 12.3. The van der Waals surface area contributed by atoms with Crippen LogP contribution in [0.4, 0.5) is 0 Å². The van der Waals surface area contributed by atoms with Gasteiger partial charge in [0.1, 0.15) is 12.3 Å². The molecule has 1 rings (SSSR count). The fraction of sp³-hybridized carbons (Fsp3) is 0.529. The van der Waals surface area contributed by atoms with Gasteiger partial charge in [-0.2, -0.15) is 0 Å². The molecule has 2 amide bonds. The third-order valence-corrected chi connectivity index (χ3v) is 3.56. The van der Waals surface area contributed by atoms with Crippen LogP contribution in [-0.2, 0) is 16.1 Å². The van der Waals surface area contributed by atoms with E-state index >= 15 is 0 Å². The molecule has 0 saturated heterocycles. The summed E-state index contributed by atoms with van der Waals surface area (Å²) in [4.78, 5) is 26.6. The van der Waals surface area contributed by atoms with Crippen molar-refractivity contribution >= 4 is 11.8 Å². The van der Waals surface area contributed by atoms with Crippen molar-refractivity contribution in [2.75, 3.05) is 40.3 Å². The van der Waals surface area contributed by atoms with Gasteiger partial charge in [-0.25, -0.2) is 0 Å². The SMILES string of the molecule is CCNC(=O)CN(CC)C(=O)C[NH+](C)Cc1ccc(OC)cc1. The number of nitrogens with zero attached hydrogens (tertiary/aromatic N) is 1. The Labute approximate surface area is 138 Å². The minimum atomic E-state index is -0.115. The number of methoxy groups -OCH3 is 1. The summed E-state index contributed by atoms with van der Waals surface area (Å²) in [5.74, 6) is 0.696. The average molecular weight is 322 g/mol. The molecule has 1 aromatic rings. The van der Waals surface area contributed by atoms with Gasteiger partial charge in [-0.1, -0.05) is 0 Å². The molecule has 0 aliphatic carbocycles. The van der Waals surface area contributed by atoms with Gasteiger partial charge in [-0.15, -0.1) is 0 Å². The highest BCUT2D eigenvalue weighted by Crippen LogP contribution is 2.10. The van der Waals surface area contributed by atoms with E-state index in [9.17, 15) is 9.59 Å². The van der Waals surface area contributed by atoms with Crippen LogP contribution in [0.15, 0.2) is 24.3 Å². The Hall–Kier alpha value is -2.08. The van der Waals surface area contributed by atoms with Crippen LogP contribution in [0.2, 0.25) is 0 Å².